The molecule has 1 heterocycles. The molecule has 0 amide bonds. The Hall–Kier alpha value is -2.02. The number of alkyl halides is 3. The van der Waals surface area contributed by atoms with Gasteiger partial charge in [-0.1, -0.05) is 6.07 Å². The highest BCUT2D eigenvalue weighted by atomic mass is 19.4. The van der Waals surface area contributed by atoms with Gasteiger partial charge in [0.05, 0.1) is 29.2 Å². The summed E-state index contributed by atoms with van der Waals surface area (Å²) < 4.78 is 51.1. The van der Waals surface area contributed by atoms with E-state index in [4.69, 9.17) is 5.73 Å². The predicted octanol–water partition coefficient (Wildman–Crippen LogP) is 2.99. The zero-order chi connectivity index (χ0) is 14.9. The highest BCUT2D eigenvalue weighted by molar-refractivity contribution is 5.32. The van der Waals surface area contributed by atoms with E-state index in [-0.39, 0.29) is 5.56 Å². The van der Waals surface area contributed by atoms with Gasteiger partial charge in [-0.25, -0.2) is 4.39 Å². The Morgan fingerprint density at radius 1 is 1.15 bits per heavy atom. The first-order chi connectivity index (χ1) is 9.29. The Balaban J connectivity index is 2.40. The van der Waals surface area contributed by atoms with Gasteiger partial charge >= 0.3 is 6.18 Å². The van der Waals surface area contributed by atoms with Crippen LogP contribution in [0.1, 0.15) is 28.6 Å². The van der Waals surface area contributed by atoms with Crippen molar-refractivity contribution in [3.05, 3.63) is 58.9 Å². The Bertz CT molecular complexity index is 608. The van der Waals surface area contributed by atoms with Crippen LogP contribution in [0, 0.1) is 12.7 Å². The summed E-state index contributed by atoms with van der Waals surface area (Å²) in [7, 11) is 0. The number of aromatic nitrogens is 2. The number of benzene rings is 1. The van der Waals surface area contributed by atoms with Gasteiger partial charge in [0.25, 0.3) is 0 Å². The molecule has 106 valence electrons. The Labute approximate surface area is 112 Å². The van der Waals surface area contributed by atoms with Crippen molar-refractivity contribution in [3.8, 4) is 0 Å². The summed E-state index contributed by atoms with van der Waals surface area (Å²) in [5.74, 6) is -1.33. The van der Waals surface area contributed by atoms with Crippen molar-refractivity contribution in [3.63, 3.8) is 0 Å². The zero-order valence-corrected chi connectivity index (χ0v) is 10.4. The van der Waals surface area contributed by atoms with Crippen LogP contribution in [0.4, 0.5) is 17.6 Å². The number of nitrogens with two attached hydrogens (primary N) is 1. The van der Waals surface area contributed by atoms with Crippen molar-refractivity contribution in [2.45, 2.75) is 19.1 Å². The van der Waals surface area contributed by atoms with E-state index in [9.17, 15) is 17.6 Å². The number of rotatable bonds is 2. The van der Waals surface area contributed by atoms with Gasteiger partial charge in [-0.3, -0.25) is 9.97 Å². The first kappa shape index (κ1) is 14.4. The fraction of sp³-hybridized carbons (Fsp3) is 0.231. The van der Waals surface area contributed by atoms with Gasteiger partial charge in [-0.05, 0) is 24.6 Å². The monoisotopic (exact) mass is 285 g/mol. The van der Waals surface area contributed by atoms with E-state index < -0.39 is 23.6 Å². The summed E-state index contributed by atoms with van der Waals surface area (Å²) in [4.78, 5) is 7.98. The molecule has 1 aromatic heterocycles. The number of nitrogens with zero attached hydrogens (tertiary/aromatic N) is 2. The minimum absolute atomic E-state index is 0.122. The zero-order valence-electron chi connectivity index (χ0n) is 10.4. The van der Waals surface area contributed by atoms with Crippen LogP contribution in [0.5, 0.6) is 0 Å². The van der Waals surface area contributed by atoms with Crippen molar-refractivity contribution in [1.29, 1.82) is 0 Å². The van der Waals surface area contributed by atoms with Crippen molar-refractivity contribution >= 4 is 0 Å². The normalized spacial score (nSPS) is 13.3. The lowest BCUT2D eigenvalue weighted by molar-refractivity contribution is -0.140. The van der Waals surface area contributed by atoms with E-state index in [1.807, 2.05) is 0 Å². The van der Waals surface area contributed by atoms with Crippen LogP contribution in [-0.4, -0.2) is 9.97 Å². The third kappa shape index (κ3) is 2.93. The topological polar surface area (TPSA) is 51.8 Å². The second-order valence-electron chi connectivity index (χ2n) is 4.30. The molecule has 0 radical (unpaired) electrons. The van der Waals surface area contributed by atoms with Gasteiger partial charge in [0.1, 0.15) is 5.82 Å². The lowest BCUT2D eigenvalue weighted by Gasteiger charge is -2.14. The largest absolute Gasteiger partial charge is 0.419 e. The molecule has 1 aromatic carbocycles. The van der Waals surface area contributed by atoms with Crippen molar-refractivity contribution in [2.75, 3.05) is 0 Å². The van der Waals surface area contributed by atoms with Crippen molar-refractivity contribution < 1.29 is 17.6 Å². The van der Waals surface area contributed by atoms with Crippen LogP contribution in [0.25, 0.3) is 0 Å². The smallest absolute Gasteiger partial charge is 0.319 e. The molecule has 1 atom stereocenters. The number of hydrogen-bond donors (Lipinski definition) is 1. The molecule has 2 N–H and O–H groups in total. The Morgan fingerprint density at radius 3 is 2.40 bits per heavy atom. The fourth-order valence-corrected chi connectivity index (χ4v) is 1.69. The number of hydrogen-bond acceptors (Lipinski definition) is 3. The molecule has 0 bridgehead atoms. The average Bonchev–Trinajstić information content (AvgIpc) is 2.38. The first-order valence-corrected chi connectivity index (χ1v) is 5.70. The van der Waals surface area contributed by atoms with Gasteiger partial charge in [-0.2, -0.15) is 13.2 Å². The highest BCUT2D eigenvalue weighted by Gasteiger charge is 2.34. The van der Waals surface area contributed by atoms with E-state index in [2.05, 4.69) is 9.97 Å². The standard InChI is InChI=1S/C13H11F4N3/c1-7-5-20-11(6-19-7)12(18)8-2-3-10(14)9(4-8)13(15,16)17/h2-6,12H,18H2,1H3. The van der Waals surface area contributed by atoms with E-state index in [1.165, 1.54) is 18.5 Å². The summed E-state index contributed by atoms with van der Waals surface area (Å²) in [6.45, 7) is 1.72. The Morgan fingerprint density at radius 2 is 1.85 bits per heavy atom. The molecule has 3 nitrogen and oxygen atoms in total. The highest BCUT2D eigenvalue weighted by Crippen LogP contribution is 2.33. The second kappa shape index (κ2) is 5.16. The van der Waals surface area contributed by atoms with Crippen molar-refractivity contribution in [1.82, 2.24) is 9.97 Å². The van der Waals surface area contributed by atoms with Gasteiger partial charge in [-0.15, -0.1) is 0 Å². The summed E-state index contributed by atoms with van der Waals surface area (Å²) >= 11 is 0. The molecular formula is C13H11F4N3. The Kier molecular flexibility index (Phi) is 3.71. The maximum absolute atomic E-state index is 13.2. The molecule has 20 heavy (non-hydrogen) atoms. The molecule has 0 aliphatic carbocycles. The molecule has 0 spiro atoms. The minimum atomic E-state index is -4.77. The van der Waals surface area contributed by atoms with E-state index >= 15 is 0 Å². The molecule has 7 heteroatoms. The lowest BCUT2D eigenvalue weighted by atomic mass is 10.0. The third-order valence-electron chi connectivity index (χ3n) is 2.77. The maximum atomic E-state index is 13.2. The van der Waals surface area contributed by atoms with Crippen LogP contribution in [-0.2, 0) is 6.18 Å². The number of aryl methyl sites for hydroxylation is 1. The minimum Gasteiger partial charge on any atom is -0.319 e. The maximum Gasteiger partial charge on any atom is 0.419 e. The van der Waals surface area contributed by atoms with E-state index in [1.54, 1.807) is 6.92 Å². The molecular weight excluding hydrogens is 274 g/mol. The SMILES string of the molecule is Cc1cnc(C(N)c2ccc(F)c(C(F)(F)F)c2)cn1. The molecule has 0 aliphatic rings. The van der Waals surface area contributed by atoms with Gasteiger partial charge < -0.3 is 5.73 Å². The third-order valence-corrected chi connectivity index (χ3v) is 2.77. The quantitative estimate of drug-likeness (QED) is 0.863. The van der Waals surface area contributed by atoms with Crippen LogP contribution >= 0.6 is 0 Å². The summed E-state index contributed by atoms with van der Waals surface area (Å²) in [5, 5.41) is 0. The number of halogens is 4. The van der Waals surface area contributed by atoms with E-state index in [0.717, 1.165) is 6.07 Å². The predicted molar refractivity (Wildman–Crippen MR) is 64.2 cm³/mol. The van der Waals surface area contributed by atoms with Gasteiger partial charge in [0.2, 0.25) is 0 Å². The average molecular weight is 285 g/mol. The molecule has 1 unspecified atom stereocenters. The first-order valence-electron chi connectivity index (χ1n) is 5.70. The summed E-state index contributed by atoms with van der Waals surface area (Å²) in [5.41, 5.74) is 5.59. The lowest BCUT2D eigenvalue weighted by Crippen LogP contribution is -2.16. The fourth-order valence-electron chi connectivity index (χ4n) is 1.69. The van der Waals surface area contributed by atoms with Crippen LogP contribution in [0.15, 0.2) is 30.6 Å². The molecule has 0 saturated heterocycles. The van der Waals surface area contributed by atoms with Crippen LogP contribution < -0.4 is 5.73 Å². The molecule has 0 fully saturated rings. The molecule has 0 aliphatic heterocycles. The molecule has 0 saturated carbocycles. The van der Waals surface area contributed by atoms with Crippen molar-refractivity contribution in [2.24, 2.45) is 5.73 Å². The molecule has 2 aromatic rings. The van der Waals surface area contributed by atoms with Gasteiger partial charge in [0.15, 0.2) is 0 Å². The second-order valence-corrected chi connectivity index (χ2v) is 4.30. The summed E-state index contributed by atoms with van der Waals surface area (Å²) in [6, 6.07) is 1.75. The molecule has 2 rings (SSSR count). The van der Waals surface area contributed by atoms with E-state index in [0.29, 0.717) is 17.5 Å². The summed E-state index contributed by atoms with van der Waals surface area (Å²) in [6.07, 6.45) is -1.92. The van der Waals surface area contributed by atoms with Gasteiger partial charge in [0, 0.05) is 6.20 Å². The van der Waals surface area contributed by atoms with Crippen LogP contribution in [0.3, 0.4) is 0 Å². The van der Waals surface area contributed by atoms with Crippen LogP contribution in [0.2, 0.25) is 0 Å².